The fourth-order valence-corrected chi connectivity index (χ4v) is 4.99. The first-order valence-corrected chi connectivity index (χ1v) is 11.3. The van der Waals surface area contributed by atoms with E-state index in [1.807, 2.05) is 30.3 Å². The number of carbonyl (C=O) groups excluding carboxylic acids is 3. The first-order valence-electron chi connectivity index (χ1n) is 10.2. The van der Waals surface area contributed by atoms with Gasteiger partial charge in [0.25, 0.3) is 11.6 Å². The average molecular weight is 468 g/mol. The summed E-state index contributed by atoms with van der Waals surface area (Å²) in [5.41, 5.74) is 2.30. The molecule has 0 saturated carbocycles. The minimum absolute atomic E-state index is 0.0534. The van der Waals surface area contributed by atoms with E-state index in [0.717, 1.165) is 5.56 Å². The van der Waals surface area contributed by atoms with Crippen LogP contribution in [-0.2, 0) is 32.1 Å². The Bertz CT molecular complexity index is 1130. The van der Waals surface area contributed by atoms with Crippen LogP contribution in [0.4, 0.5) is 5.69 Å². The molecule has 0 radical (unpaired) electrons. The van der Waals surface area contributed by atoms with Gasteiger partial charge < -0.3 is 10.1 Å². The Labute approximate surface area is 193 Å². The molecule has 10 heteroatoms. The van der Waals surface area contributed by atoms with Crippen molar-refractivity contribution >= 4 is 35.2 Å². The fraction of sp³-hybridized carbons (Fsp3) is 0.261. The number of nitro groups is 1. The summed E-state index contributed by atoms with van der Waals surface area (Å²) in [5, 5.41) is 13.2. The third-order valence-corrected chi connectivity index (χ3v) is 6.82. The number of fused-ring (bicyclic) bond motifs is 1. The number of benzene rings is 2. The van der Waals surface area contributed by atoms with E-state index in [0.29, 0.717) is 16.9 Å². The van der Waals surface area contributed by atoms with Crippen molar-refractivity contribution in [3.05, 3.63) is 87.1 Å². The van der Waals surface area contributed by atoms with Crippen LogP contribution in [0.25, 0.3) is 0 Å². The molecule has 4 rings (SSSR count). The van der Waals surface area contributed by atoms with Crippen molar-refractivity contribution in [2.45, 2.75) is 31.4 Å². The second kappa shape index (κ2) is 9.45. The highest BCUT2D eigenvalue weighted by molar-refractivity contribution is 8.00. The Morgan fingerprint density at radius 2 is 1.85 bits per heavy atom. The number of non-ortho nitro benzene ring substituents is 1. The molecule has 2 aromatic carbocycles. The van der Waals surface area contributed by atoms with E-state index in [1.165, 1.54) is 40.9 Å². The Balaban J connectivity index is 1.37. The van der Waals surface area contributed by atoms with Crippen LogP contribution >= 0.6 is 11.8 Å². The van der Waals surface area contributed by atoms with Gasteiger partial charge in [-0.2, -0.15) is 0 Å². The molecule has 2 amide bonds. The minimum atomic E-state index is -0.697. The number of rotatable bonds is 7. The molecule has 2 atom stereocenters. The standard InChI is InChI=1S/C23H21N3O6S/c1-14-13-33-22-19(24-18(27)11-15-5-3-2-4-6-15)21(28)25(22)20(14)23(29)32-12-16-7-9-17(10-8-16)26(30)31/h2-10,19,22H,11-13H2,1H3,(H,24,27)/t19-,22-/m0/s1. The summed E-state index contributed by atoms with van der Waals surface area (Å²) in [6.07, 6.45) is 0.168. The van der Waals surface area contributed by atoms with Crippen molar-refractivity contribution in [2.75, 3.05) is 5.75 Å². The summed E-state index contributed by atoms with van der Waals surface area (Å²) < 4.78 is 5.38. The third-order valence-electron chi connectivity index (χ3n) is 5.39. The van der Waals surface area contributed by atoms with E-state index >= 15 is 0 Å². The summed E-state index contributed by atoms with van der Waals surface area (Å²) in [5.74, 6) is -0.719. The van der Waals surface area contributed by atoms with Crippen LogP contribution in [0.2, 0.25) is 0 Å². The van der Waals surface area contributed by atoms with Crippen LogP contribution in [0, 0.1) is 10.1 Å². The molecule has 2 aliphatic heterocycles. The van der Waals surface area contributed by atoms with Crippen molar-refractivity contribution in [2.24, 2.45) is 0 Å². The number of thioether (sulfide) groups is 1. The van der Waals surface area contributed by atoms with Crippen molar-refractivity contribution in [1.82, 2.24) is 10.2 Å². The van der Waals surface area contributed by atoms with Gasteiger partial charge in [-0.05, 0) is 35.8 Å². The molecular formula is C23H21N3O6S. The van der Waals surface area contributed by atoms with Crippen LogP contribution in [0.1, 0.15) is 18.1 Å². The second-order valence-electron chi connectivity index (χ2n) is 7.75. The van der Waals surface area contributed by atoms with Gasteiger partial charge in [0.15, 0.2) is 0 Å². The number of esters is 1. The molecule has 0 aromatic heterocycles. The molecule has 1 fully saturated rings. The number of hydrogen-bond acceptors (Lipinski definition) is 7. The van der Waals surface area contributed by atoms with Crippen LogP contribution in [0.15, 0.2) is 65.9 Å². The average Bonchev–Trinajstić information content (AvgIpc) is 2.81. The largest absolute Gasteiger partial charge is 0.456 e. The van der Waals surface area contributed by atoms with E-state index in [1.54, 1.807) is 6.92 Å². The number of carbonyl (C=O) groups is 3. The number of hydrogen-bond donors (Lipinski definition) is 1. The first-order chi connectivity index (χ1) is 15.8. The lowest BCUT2D eigenvalue weighted by Crippen LogP contribution is -2.70. The molecular weight excluding hydrogens is 446 g/mol. The molecule has 0 bridgehead atoms. The monoisotopic (exact) mass is 467 g/mol. The molecule has 2 aromatic rings. The summed E-state index contributed by atoms with van der Waals surface area (Å²) in [6.45, 7) is 1.69. The molecule has 170 valence electrons. The summed E-state index contributed by atoms with van der Waals surface area (Å²) in [4.78, 5) is 49.6. The number of β-lactam (4-membered cyclic amide) rings is 1. The number of nitro benzene ring substituents is 1. The highest BCUT2D eigenvalue weighted by Gasteiger charge is 2.53. The SMILES string of the molecule is CC1=C(C(=O)OCc2ccc([N+](=O)[O-])cc2)N2C(=O)[C@H](NC(=O)Cc3ccccc3)[C@@H]2SC1. The zero-order valence-corrected chi connectivity index (χ0v) is 18.5. The normalized spacial score (nSPS) is 19.4. The van der Waals surface area contributed by atoms with Gasteiger partial charge in [-0.1, -0.05) is 30.3 Å². The lowest BCUT2D eigenvalue weighted by Gasteiger charge is -2.49. The maximum absolute atomic E-state index is 12.8. The predicted octanol–water partition coefficient (Wildman–Crippen LogP) is 2.55. The van der Waals surface area contributed by atoms with Crippen molar-refractivity contribution in [1.29, 1.82) is 0 Å². The summed E-state index contributed by atoms with van der Waals surface area (Å²) >= 11 is 1.48. The molecule has 1 N–H and O–H groups in total. The molecule has 9 nitrogen and oxygen atoms in total. The van der Waals surface area contributed by atoms with Gasteiger partial charge >= 0.3 is 5.97 Å². The molecule has 2 heterocycles. The molecule has 0 spiro atoms. The Morgan fingerprint density at radius 3 is 2.52 bits per heavy atom. The van der Waals surface area contributed by atoms with E-state index in [-0.39, 0.29) is 41.6 Å². The number of nitrogens with one attached hydrogen (secondary N) is 1. The van der Waals surface area contributed by atoms with E-state index in [2.05, 4.69) is 5.32 Å². The van der Waals surface area contributed by atoms with Crippen LogP contribution in [-0.4, -0.2) is 44.8 Å². The molecule has 0 aliphatic carbocycles. The zero-order chi connectivity index (χ0) is 23.5. The Hall–Kier alpha value is -3.66. The molecule has 0 unspecified atom stereocenters. The van der Waals surface area contributed by atoms with E-state index in [4.69, 9.17) is 4.74 Å². The van der Waals surface area contributed by atoms with Gasteiger partial charge in [-0.25, -0.2) is 4.79 Å². The predicted molar refractivity (Wildman–Crippen MR) is 121 cm³/mol. The van der Waals surface area contributed by atoms with Gasteiger partial charge in [0.2, 0.25) is 5.91 Å². The lowest BCUT2D eigenvalue weighted by molar-refractivity contribution is -0.384. The smallest absolute Gasteiger partial charge is 0.355 e. The van der Waals surface area contributed by atoms with Gasteiger partial charge in [-0.3, -0.25) is 24.6 Å². The number of amides is 2. The highest BCUT2D eigenvalue weighted by atomic mass is 32.2. The highest BCUT2D eigenvalue weighted by Crippen LogP contribution is 2.40. The Kier molecular flexibility index (Phi) is 6.45. The van der Waals surface area contributed by atoms with E-state index in [9.17, 15) is 24.5 Å². The second-order valence-corrected chi connectivity index (χ2v) is 8.85. The van der Waals surface area contributed by atoms with Gasteiger partial charge in [0.05, 0.1) is 11.3 Å². The third kappa shape index (κ3) is 4.75. The number of ether oxygens (including phenoxy) is 1. The van der Waals surface area contributed by atoms with Gasteiger partial charge in [0, 0.05) is 17.9 Å². The van der Waals surface area contributed by atoms with Gasteiger partial charge in [0.1, 0.15) is 23.7 Å². The quantitative estimate of drug-likeness (QED) is 0.288. The van der Waals surface area contributed by atoms with E-state index < -0.39 is 16.9 Å². The maximum atomic E-state index is 12.8. The van der Waals surface area contributed by atoms with Crippen molar-refractivity contribution < 1.29 is 24.0 Å². The van der Waals surface area contributed by atoms with Crippen LogP contribution in [0.5, 0.6) is 0 Å². The number of nitrogens with zero attached hydrogens (tertiary/aromatic N) is 2. The lowest BCUT2D eigenvalue weighted by atomic mass is 10.0. The first kappa shape index (κ1) is 22.5. The molecule has 33 heavy (non-hydrogen) atoms. The minimum Gasteiger partial charge on any atom is -0.456 e. The van der Waals surface area contributed by atoms with Crippen molar-refractivity contribution in [3.63, 3.8) is 0 Å². The molecule has 2 aliphatic rings. The maximum Gasteiger partial charge on any atom is 0.355 e. The van der Waals surface area contributed by atoms with Crippen LogP contribution in [0.3, 0.4) is 0 Å². The fourth-order valence-electron chi connectivity index (χ4n) is 3.70. The zero-order valence-electron chi connectivity index (χ0n) is 17.7. The topological polar surface area (TPSA) is 119 Å². The summed E-state index contributed by atoms with van der Waals surface area (Å²) in [6, 6.07) is 14.2. The van der Waals surface area contributed by atoms with Gasteiger partial charge in [-0.15, -0.1) is 11.8 Å². The Morgan fingerprint density at radius 1 is 1.15 bits per heavy atom. The van der Waals surface area contributed by atoms with Crippen LogP contribution < -0.4 is 5.32 Å². The molecule has 1 saturated heterocycles. The van der Waals surface area contributed by atoms with Crippen molar-refractivity contribution in [3.8, 4) is 0 Å². The summed E-state index contributed by atoms with van der Waals surface area (Å²) in [7, 11) is 0.